The molecule has 8 heteroatoms. The number of aromatic nitrogens is 3. The maximum atomic E-state index is 12.7. The molecule has 1 fully saturated rings. The van der Waals surface area contributed by atoms with Gasteiger partial charge in [0.05, 0.1) is 5.69 Å². The third-order valence-electron chi connectivity index (χ3n) is 2.90. The zero-order valence-corrected chi connectivity index (χ0v) is 9.53. The number of halogens is 3. The molecule has 2 heterocycles. The molecule has 0 aliphatic carbocycles. The fraction of sp³-hybridized carbons (Fsp3) is 0.778. The van der Waals surface area contributed by atoms with Gasteiger partial charge in [-0.05, 0) is 0 Å². The Balaban J connectivity index is 1.94. The molecule has 1 aromatic heterocycles. The molecule has 0 aromatic carbocycles. The lowest BCUT2D eigenvalue weighted by molar-refractivity contribution is -0.312. The summed E-state index contributed by atoms with van der Waals surface area (Å²) < 4.78 is 44.2. The Bertz CT molecular complexity index is 397. The van der Waals surface area contributed by atoms with Crippen molar-refractivity contribution in [3.05, 3.63) is 11.9 Å². The number of hydrogen-bond acceptors (Lipinski definition) is 4. The highest BCUT2D eigenvalue weighted by atomic mass is 19.4. The van der Waals surface area contributed by atoms with Crippen LogP contribution in [0.2, 0.25) is 0 Å². The van der Waals surface area contributed by atoms with Crippen molar-refractivity contribution in [2.24, 2.45) is 7.05 Å². The minimum atomic E-state index is -4.33. The van der Waals surface area contributed by atoms with Crippen molar-refractivity contribution in [2.75, 3.05) is 20.2 Å². The van der Waals surface area contributed by atoms with E-state index in [-0.39, 0.29) is 13.1 Å². The first kappa shape index (κ1) is 12.3. The molecule has 17 heavy (non-hydrogen) atoms. The molecule has 0 atom stereocenters. The van der Waals surface area contributed by atoms with E-state index in [9.17, 15) is 13.2 Å². The van der Waals surface area contributed by atoms with Crippen molar-refractivity contribution in [1.29, 1.82) is 0 Å². The summed E-state index contributed by atoms with van der Waals surface area (Å²) in [5.74, 6) is 0. The largest absolute Gasteiger partial charge is 0.419 e. The van der Waals surface area contributed by atoms with Crippen LogP contribution in [0.3, 0.4) is 0 Å². The summed E-state index contributed by atoms with van der Waals surface area (Å²) in [5, 5.41) is 7.54. The van der Waals surface area contributed by atoms with Gasteiger partial charge in [-0.1, -0.05) is 5.21 Å². The normalized spacial score (nSPS) is 20.3. The van der Waals surface area contributed by atoms with E-state index >= 15 is 0 Å². The topological polar surface area (TPSA) is 43.2 Å². The maximum Gasteiger partial charge on any atom is 0.419 e. The van der Waals surface area contributed by atoms with Gasteiger partial charge in [-0.3, -0.25) is 9.58 Å². The molecule has 0 radical (unpaired) electrons. The monoisotopic (exact) mass is 250 g/mol. The SMILES string of the molecule is COC1(C(F)(F)F)CN(Cc2cn(C)nn2)C1. The number of likely N-dealkylation sites (tertiary alicyclic amines) is 1. The van der Waals surface area contributed by atoms with E-state index < -0.39 is 11.8 Å². The molecule has 1 aromatic rings. The smallest absolute Gasteiger partial charge is 0.366 e. The van der Waals surface area contributed by atoms with Gasteiger partial charge < -0.3 is 4.74 Å². The fourth-order valence-corrected chi connectivity index (χ4v) is 1.91. The molecular weight excluding hydrogens is 237 g/mol. The van der Waals surface area contributed by atoms with Crippen LogP contribution in [0.15, 0.2) is 6.20 Å². The van der Waals surface area contributed by atoms with Crippen LogP contribution in [0.4, 0.5) is 13.2 Å². The van der Waals surface area contributed by atoms with Gasteiger partial charge in [0.25, 0.3) is 0 Å². The highest BCUT2D eigenvalue weighted by Gasteiger charge is 2.62. The van der Waals surface area contributed by atoms with Crippen LogP contribution in [-0.4, -0.2) is 51.9 Å². The lowest BCUT2D eigenvalue weighted by atomic mass is 9.93. The lowest BCUT2D eigenvalue weighted by Crippen LogP contribution is -2.69. The van der Waals surface area contributed by atoms with Crippen molar-refractivity contribution in [2.45, 2.75) is 18.3 Å². The van der Waals surface area contributed by atoms with Crippen LogP contribution in [0.5, 0.6) is 0 Å². The summed E-state index contributed by atoms with van der Waals surface area (Å²) in [6.07, 6.45) is -2.65. The van der Waals surface area contributed by atoms with E-state index in [4.69, 9.17) is 0 Å². The van der Waals surface area contributed by atoms with Gasteiger partial charge in [-0.15, -0.1) is 5.10 Å². The van der Waals surface area contributed by atoms with Crippen LogP contribution < -0.4 is 0 Å². The van der Waals surface area contributed by atoms with Gasteiger partial charge >= 0.3 is 6.18 Å². The molecule has 1 aliphatic rings. The molecule has 0 bridgehead atoms. The molecular formula is C9H13F3N4O. The molecule has 96 valence electrons. The summed E-state index contributed by atoms with van der Waals surface area (Å²) in [7, 11) is 2.80. The molecule has 0 saturated carbocycles. The second-order valence-corrected chi connectivity index (χ2v) is 4.22. The molecule has 0 unspecified atom stereocenters. The number of methoxy groups -OCH3 is 1. The first-order valence-electron chi connectivity index (χ1n) is 5.06. The summed E-state index contributed by atoms with van der Waals surface area (Å²) in [4.78, 5) is 1.63. The van der Waals surface area contributed by atoms with Crippen molar-refractivity contribution < 1.29 is 17.9 Å². The minimum absolute atomic E-state index is 0.163. The Morgan fingerprint density at radius 2 is 2.12 bits per heavy atom. The minimum Gasteiger partial charge on any atom is -0.366 e. The van der Waals surface area contributed by atoms with Crippen molar-refractivity contribution in [1.82, 2.24) is 19.9 Å². The van der Waals surface area contributed by atoms with Gasteiger partial charge in [-0.25, -0.2) is 0 Å². The average molecular weight is 250 g/mol. The molecule has 0 spiro atoms. The molecule has 1 saturated heterocycles. The summed E-state index contributed by atoms with van der Waals surface area (Å²) in [5.41, 5.74) is -1.37. The number of hydrogen-bond donors (Lipinski definition) is 0. The van der Waals surface area contributed by atoms with E-state index in [0.717, 1.165) is 7.11 Å². The predicted molar refractivity (Wildman–Crippen MR) is 52.1 cm³/mol. The lowest BCUT2D eigenvalue weighted by Gasteiger charge is -2.49. The second kappa shape index (κ2) is 3.95. The van der Waals surface area contributed by atoms with Gasteiger partial charge in [0.15, 0.2) is 5.60 Å². The highest BCUT2D eigenvalue weighted by Crippen LogP contribution is 2.40. The summed E-state index contributed by atoms with van der Waals surface area (Å²) >= 11 is 0. The molecule has 0 amide bonds. The second-order valence-electron chi connectivity index (χ2n) is 4.22. The quantitative estimate of drug-likeness (QED) is 0.787. The first-order valence-corrected chi connectivity index (χ1v) is 5.06. The number of nitrogens with zero attached hydrogens (tertiary/aromatic N) is 4. The van der Waals surface area contributed by atoms with Gasteiger partial charge in [-0.2, -0.15) is 13.2 Å². The summed E-state index contributed by atoms with van der Waals surface area (Å²) in [6, 6.07) is 0. The van der Waals surface area contributed by atoms with Crippen LogP contribution in [0.1, 0.15) is 5.69 Å². The fourth-order valence-electron chi connectivity index (χ4n) is 1.91. The van der Waals surface area contributed by atoms with Crippen LogP contribution in [0.25, 0.3) is 0 Å². The van der Waals surface area contributed by atoms with E-state index in [1.165, 1.54) is 4.68 Å². The molecule has 2 rings (SSSR count). The average Bonchev–Trinajstić information content (AvgIpc) is 2.55. The number of ether oxygens (including phenoxy) is 1. The Hall–Kier alpha value is -1.15. The van der Waals surface area contributed by atoms with E-state index in [1.54, 1.807) is 18.1 Å². The van der Waals surface area contributed by atoms with E-state index in [0.29, 0.717) is 12.2 Å². The van der Waals surface area contributed by atoms with Crippen molar-refractivity contribution in [3.63, 3.8) is 0 Å². The zero-order valence-electron chi connectivity index (χ0n) is 9.53. The zero-order chi connectivity index (χ0) is 12.7. The summed E-state index contributed by atoms with van der Waals surface area (Å²) in [6.45, 7) is 0.0299. The van der Waals surface area contributed by atoms with Gasteiger partial charge in [0.2, 0.25) is 0 Å². The van der Waals surface area contributed by atoms with Crippen LogP contribution in [0, 0.1) is 0 Å². The third-order valence-corrected chi connectivity index (χ3v) is 2.90. The maximum absolute atomic E-state index is 12.7. The Kier molecular flexibility index (Phi) is 2.86. The Morgan fingerprint density at radius 1 is 1.47 bits per heavy atom. The van der Waals surface area contributed by atoms with Gasteiger partial charge in [0, 0.05) is 40.0 Å². The van der Waals surface area contributed by atoms with E-state index in [2.05, 4.69) is 15.0 Å². The van der Waals surface area contributed by atoms with Gasteiger partial charge in [0.1, 0.15) is 0 Å². The number of alkyl halides is 3. The molecule has 0 N–H and O–H groups in total. The molecule has 5 nitrogen and oxygen atoms in total. The first-order chi connectivity index (χ1) is 7.86. The van der Waals surface area contributed by atoms with Crippen LogP contribution >= 0.6 is 0 Å². The van der Waals surface area contributed by atoms with Crippen molar-refractivity contribution >= 4 is 0 Å². The predicted octanol–water partition coefficient (Wildman–Crippen LogP) is 0.578. The Morgan fingerprint density at radius 3 is 2.53 bits per heavy atom. The van der Waals surface area contributed by atoms with Crippen molar-refractivity contribution in [3.8, 4) is 0 Å². The molecule has 1 aliphatic heterocycles. The van der Waals surface area contributed by atoms with Crippen LogP contribution in [-0.2, 0) is 18.3 Å². The van der Waals surface area contributed by atoms with E-state index in [1.807, 2.05) is 0 Å². The number of aryl methyl sites for hydroxylation is 1. The highest BCUT2D eigenvalue weighted by molar-refractivity contribution is 5.05. The standard InChI is InChI=1S/C9H13F3N4O/c1-15-3-7(13-14-15)4-16-5-8(6-16,17-2)9(10,11)12/h3H,4-6H2,1-2H3. The third kappa shape index (κ3) is 2.14. The Labute approximate surface area is 96.1 Å². The number of rotatable bonds is 3.